The standard InChI is InChI=1S/C21H20N2O4/c1-13-4-6-15(7-5-13)18-10-14(2)23-27-21(18)22-17-9-8-16(11-20(24)25)19(12-17)26-3/h4-10,12H,11H2,1-3H3,(H,24,25). The van der Waals surface area contributed by atoms with Crippen molar-refractivity contribution in [3.8, 4) is 16.9 Å². The molecule has 0 amide bonds. The number of carboxylic acid groups (broad SMARTS) is 1. The number of carbonyl (C=O) groups is 1. The highest BCUT2D eigenvalue weighted by atomic mass is 16.5. The lowest BCUT2D eigenvalue weighted by molar-refractivity contribution is -0.136. The molecule has 1 aromatic heterocycles. The Morgan fingerprint density at radius 3 is 2.56 bits per heavy atom. The molecule has 0 saturated carbocycles. The van der Waals surface area contributed by atoms with E-state index in [1.54, 1.807) is 18.2 Å². The maximum absolute atomic E-state index is 11.0. The average molecular weight is 364 g/mol. The Balaban J connectivity index is 2.10. The van der Waals surface area contributed by atoms with Gasteiger partial charge in [0.25, 0.3) is 5.55 Å². The minimum Gasteiger partial charge on any atom is -0.496 e. The Labute approximate surface area is 156 Å². The minimum atomic E-state index is -0.919. The molecule has 6 nitrogen and oxygen atoms in total. The normalized spacial score (nSPS) is 11.4. The highest BCUT2D eigenvalue weighted by molar-refractivity contribution is 5.72. The summed E-state index contributed by atoms with van der Waals surface area (Å²) in [6.45, 7) is 3.89. The summed E-state index contributed by atoms with van der Waals surface area (Å²) in [4.78, 5) is 15.5. The summed E-state index contributed by atoms with van der Waals surface area (Å²) in [6.07, 6.45) is -0.117. The van der Waals surface area contributed by atoms with Crippen molar-refractivity contribution in [1.29, 1.82) is 0 Å². The van der Waals surface area contributed by atoms with Crippen molar-refractivity contribution in [2.45, 2.75) is 20.3 Å². The molecule has 1 N–H and O–H groups in total. The number of ether oxygens (including phenoxy) is 1. The van der Waals surface area contributed by atoms with E-state index in [4.69, 9.17) is 14.4 Å². The number of benzene rings is 2. The second-order valence-corrected chi connectivity index (χ2v) is 6.23. The second-order valence-electron chi connectivity index (χ2n) is 6.23. The SMILES string of the molecule is COc1cc(N=c2onc(C)cc2-c2ccc(C)cc2)ccc1CC(=O)O. The van der Waals surface area contributed by atoms with E-state index in [9.17, 15) is 4.79 Å². The van der Waals surface area contributed by atoms with Gasteiger partial charge in [-0.1, -0.05) is 41.1 Å². The van der Waals surface area contributed by atoms with E-state index in [0.717, 1.165) is 16.8 Å². The van der Waals surface area contributed by atoms with Gasteiger partial charge in [0.2, 0.25) is 0 Å². The van der Waals surface area contributed by atoms with Crippen LogP contribution in [0.15, 0.2) is 58.0 Å². The number of aliphatic carboxylic acids is 1. The summed E-state index contributed by atoms with van der Waals surface area (Å²) in [5.74, 6) is -0.451. The smallest absolute Gasteiger partial charge is 0.307 e. The molecule has 0 spiro atoms. The number of methoxy groups -OCH3 is 1. The van der Waals surface area contributed by atoms with Gasteiger partial charge in [-0.25, -0.2) is 4.99 Å². The maximum atomic E-state index is 11.0. The van der Waals surface area contributed by atoms with E-state index in [2.05, 4.69) is 10.1 Å². The Morgan fingerprint density at radius 2 is 1.89 bits per heavy atom. The van der Waals surface area contributed by atoms with Gasteiger partial charge in [-0.05, 0) is 31.5 Å². The van der Waals surface area contributed by atoms with Crippen molar-refractivity contribution in [2.75, 3.05) is 7.11 Å². The van der Waals surface area contributed by atoms with E-state index in [1.165, 1.54) is 12.7 Å². The lowest BCUT2D eigenvalue weighted by Crippen LogP contribution is -2.07. The van der Waals surface area contributed by atoms with Gasteiger partial charge in [0.05, 0.1) is 24.9 Å². The van der Waals surface area contributed by atoms with Gasteiger partial charge < -0.3 is 14.4 Å². The van der Waals surface area contributed by atoms with Gasteiger partial charge in [-0.3, -0.25) is 4.79 Å². The first-order valence-electron chi connectivity index (χ1n) is 8.44. The quantitative estimate of drug-likeness (QED) is 0.744. The van der Waals surface area contributed by atoms with Crippen LogP contribution in [0, 0.1) is 13.8 Å². The van der Waals surface area contributed by atoms with Gasteiger partial charge >= 0.3 is 5.97 Å². The largest absolute Gasteiger partial charge is 0.496 e. The fourth-order valence-electron chi connectivity index (χ4n) is 2.71. The van der Waals surface area contributed by atoms with Gasteiger partial charge in [0.1, 0.15) is 5.75 Å². The summed E-state index contributed by atoms with van der Waals surface area (Å²) in [5, 5.41) is 13.0. The first-order valence-corrected chi connectivity index (χ1v) is 8.44. The number of aryl methyl sites for hydroxylation is 2. The van der Waals surface area contributed by atoms with Crippen LogP contribution in [0.5, 0.6) is 5.75 Å². The average Bonchev–Trinajstić information content (AvgIpc) is 2.64. The number of nitrogens with zero attached hydrogens (tertiary/aromatic N) is 2. The van der Waals surface area contributed by atoms with Crippen LogP contribution in [0.25, 0.3) is 11.1 Å². The first kappa shape index (κ1) is 18.4. The fourth-order valence-corrected chi connectivity index (χ4v) is 2.71. The van der Waals surface area contributed by atoms with Gasteiger partial charge in [-0.2, -0.15) is 0 Å². The molecule has 0 aliphatic carbocycles. The molecule has 0 aliphatic rings. The molecule has 6 heteroatoms. The molecule has 0 fully saturated rings. The van der Waals surface area contributed by atoms with Crippen molar-refractivity contribution in [3.63, 3.8) is 0 Å². The van der Waals surface area contributed by atoms with Crippen molar-refractivity contribution in [2.24, 2.45) is 4.99 Å². The van der Waals surface area contributed by atoms with Crippen LogP contribution in [0.2, 0.25) is 0 Å². The minimum absolute atomic E-state index is 0.117. The molecule has 3 aromatic rings. The number of hydrogen-bond acceptors (Lipinski definition) is 5. The molecule has 0 radical (unpaired) electrons. The van der Waals surface area contributed by atoms with Crippen LogP contribution < -0.4 is 10.3 Å². The van der Waals surface area contributed by atoms with Crippen LogP contribution in [-0.2, 0) is 11.2 Å². The van der Waals surface area contributed by atoms with E-state index < -0.39 is 5.97 Å². The molecule has 0 aliphatic heterocycles. The first-order chi connectivity index (χ1) is 13.0. The summed E-state index contributed by atoms with van der Waals surface area (Å²) in [6, 6.07) is 15.1. The Kier molecular flexibility index (Phi) is 5.35. The van der Waals surface area contributed by atoms with E-state index in [0.29, 0.717) is 22.6 Å². The molecule has 27 heavy (non-hydrogen) atoms. The molecule has 0 saturated heterocycles. The predicted molar refractivity (Wildman–Crippen MR) is 101 cm³/mol. The monoisotopic (exact) mass is 364 g/mol. The number of hydrogen-bond donors (Lipinski definition) is 1. The molecule has 0 atom stereocenters. The molecule has 1 heterocycles. The third-order valence-electron chi connectivity index (χ3n) is 4.07. The number of rotatable bonds is 5. The zero-order chi connectivity index (χ0) is 19.4. The van der Waals surface area contributed by atoms with Gasteiger partial charge in [-0.15, -0.1) is 0 Å². The summed E-state index contributed by atoms with van der Waals surface area (Å²) in [5.41, 5.74) is 5.26. The summed E-state index contributed by atoms with van der Waals surface area (Å²) < 4.78 is 10.8. The van der Waals surface area contributed by atoms with Crippen LogP contribution in [0.4, 0.5) is 5.69 Å². The summed E-state index contributed by atoms with van der Waals surface area (Å²) in [7, 11) is 1.50. The van der Waals surface area contributed by atoms with Crippen molar-refractivity contribution < 1.29 is 19.2 Å². The van der Waals surface area contributed by atoms with Crippen molar-refractivity contribution in [1.82, 2.24) is 5.16 Å². The lowest BCUT2D eigenvalue weighted by Gasteiger charge is -2.07. The molecule has 0 unspecified atom stereocenters. The van der Waals surface area contributed by atoms with E-state index >= 15 is 0 Å². The molecule has 0 bridgehead atoms. The third-order valence-corrected chi connectivity index (χ3v) is 4.07. The highest BCUT2D eigenvalue weighted by Gasteiger charge is 2.10. The maximum Gasteiger partial charge on any atom is 0.307 e. The molecule has 3 rings (SSSR count). The van der Waals surface area contributed by atoms with E-state index in [-0.39, 0.29) is 6.42 Å². The van der Waals surface area contributed by atoms with Crippen LogP contribution in [0.3, 0.4) is 0 Å². The molecule has 138 valence electrons. The molecular formula is C21H20N2O4. The zero-order valence-corrected chi connectivity index (χ0v) is 15.4. The van der Waals surface area contributed by atoms with Gasteiger partial charge in [0, 0.05) is 17.2 Å². The Bertz CT molecular complexity index is 1040. The van der Waals surface area contributed by atoms with Crippen molar-refractivity contribution in [3.05, 3.63) is 70.9 Å². The predicted octanol–water partition coefficient (Wildman–Crippen LogP) is 3.83. The molecular weight excluding hydrogens is 344 g/mol. The van der Waals surface area contributed by atoms with Crippen LogP contribution in [0.1, 0.15) is 16.8 Å². The second kappa shape index (κ2) is 7.86. The zero-order valence-electron chi connectivity index (χ0n) is 15.4. The van der Waals surface area contributed by atoms with Gasteiger partial charge in [0.15, 0.2) is 0 Å². The third kappa shape index (κ3) is 4.41. The number of aromatic nitrogens is 1. The van der Waals surface area contributed by atoms with Crippen molar-refractivity contribution >= 4 is 11.7 Å². The Hall–Kier alpha value is -3.41. The molecule has 2 aromatic carbocycles. The fraction of sp³-hybridized carbons (Fsp3) is 0.190. The Morgan fingerprint density at radius 1 is 1.15 bits per heavy atom. The topological polar surface area (TPSA) is 84.9 Å². The highest BCUT2D eigenvalue weighted by Crippen LogP contribution is 2.26. The van der Waals surface area contributed by atoms with E-state index in [1.807, 2.05) is 44.2 Å². The lowest BCUT2D eigenvalue weighted by atomic mass is 10.1. The van der Waals surface area contributed by atoms with Crippen LogP contribution >= 0.6 is 0 Å². The van der Waals surface area contributed by atoms with Crippen LogP contribution in [-0.4, -0.2) is 23.3 Å². The number of carboxylic acids is 1. The summed E-state index contributed by atoms with van der Waals surface area (Å²) >= 11 is 0.